The van der Waals surface area contributed by atoms with Crippen LogP contribution in [0.15, 0.2) is 164 Å². The molecule has 0 amide bonds. The Bertz CT molecular complexity index is 1900. The van der Waals surface area contributed by atoms with Gasteiger partial charge in [-0.05, 0) is 57.1 Å². The molecule has 0 N–H and O–H groups in total. The maximum absolute atomic E-state index is 2.43. The first-order valence-electron chi connectivity index (χ1n) is 13.4. The fraction of sp³-hybridized carbons (Fsp3) is 0. The second kappa shape index (κ2) is 9.96. The maximum atomic E-state index is 2.43. The summed E-state index contributed by atoms with van der Waals surface area (Å²) in [5, 5.41) is 4.92. The molecule has 7 aromatic carbocycles. The van der Waals surface area contributed by atoms with Crippen LogP contribution in [-0.4, -0.2) is 0 Å². The average molecular weight is 498 g/mol. The number of hydrogen-bond acceptors (Lipinski definition) is 1. The van der Waals surface area contributed by atoms with Gasteiger partial charge in [-0.25, -0.2) is 0 Å². The van der Waals surface area contributed by atoms with Crippen molar-refractivity contribution in [2.75, 3.05) is 4.90 Å². The van der Waals surface area contributed by atoms with Crippen molar-refractivity contribution in [1.29, 1.82) is 0 Å². The third-order valence-electron chi connectivity index (χ3n) is 7.43. The third kappa shape index (κ3) is 4.24. The Hall–Kier alpha value is -5.14. The van der Waals surface area contributed by atoms with Crippen LogP contribution >= 0.6 is 0 Å². The van der Waals surface area contributed by atoms with Gasteiger partial charge in [0.05, 0.1) is 11.4 Å². The Kier molecular flexibility index (Phi) is 5.88. The zero-order chi connectivity index (χ0) is 26.0. The molecule has 0 aliphatic heterocycles. The molecule has 1 heteroatoms. The Morgan fingerprint density at radius 2 is 0.872 bits per heavy atom. The number of benzene rings is 7. The van der Waals surface area contributed by atoms with Gasteiger partial charge >= 0.3 is 0 Å². The summed E-state index contributed by atoms with van der Waals surface area (Å²) in [5.74, 6) is 0. The van der Waals surface area contributed by atoms with Crippen LogP contribution in [0.1, 0.15) is 0 Å². The fourth-order valence-corrected chi connectivity index (χ4v) is 5.62. The van der Waals surface area contributed by atoms with E-state index in [0.29, 0.717) is 0 Å². The Morgan fingerprint density at radius 3 is 1.64 bits per heavy atom. The first kappa shape index (κ1) is 23.0. The molecule has 0 aliphatic carbocycles. The first-order valence-corrected chi connectivity index (χ1v) is 13.4. The van der Waals surface area contributed by atoms with Crippen LogP contribution in [-0.2, 0) is 0 Å². The zero-order valence-corrected chi connectivity index (χ0v) is 21.5. The molecule has 0 atom stereocenters. The highest BCUT2D eigenvalue weighted by molar-refractivity contribution is 6.09. The first-order chi connectivity index (χ1) is 19.4. The summed E-state index contributed by atoms with van der Waals surface area (Å²) in [6.45, 7) is 0. The van der Waals surface area contributed by atoms with Crippen LogP contribution in [0.4, 0.5) is 17.1 Å². The van der Waals surface area contributed by atoms with Crippen LogP contribution < -0.4 is 4.90 Å². The molecule has 0 unspecified atom stereocenters. The predicted octanol–water partition coefficient (Wildman–Crippen LogP) is 10.8. The smallest absolute Gasteiger partial charge is 0.0546 e. The lowest BCUT2D eigenvalue weighted by atomic mass is 9.95. The van der Waals surface area contributed by atoms with Crippen molar-refractivity contribution in [3.05, 3.63) is 164 Å². The molecule has 0 radical (unpaired) electrons. The van der Waals surface area contributed by atoms with Crippen molar-refractivity contribution < 1.29 is 0 Å². The minimum Gasteiger partial charge on any atom is -0.309 e. The number of rotatable bonds is 5. The van der Waals surface area contributed by atoms with Crippen molar-refractivity contribution in [2.24, 2.45) is 0 Å². The molecule has 7 rings (SSSR count). The molecular weight excluding hydrogens is 470 g/mol. The normalized spacial score (nSPS) is 11.1. The lowest BCUT2D eigenvalue weighted by Crippen LogP contribution is -2.12. The molecule has 0 saturated heterocycles. The molecule has 1 nitrogen and oxygen atoms in total. The lowest BCUT2D eigenvalue weighted by molar-refractivity contribution is 1.30. The van der Waals surface area contributed by atoms with Gasteiger partial charge in [-0.15, -0.1) is 0 Å². The summed E-state index contributed by atoms with van der Waals surface area (Å²) in [5.41, 5.74) is 8.27. The van der Waals surface area contributed by atoms with Gasteiger partial charge in [0.25, 0.3) is 0 Å². The average Bonchev–Trinajstić information content (AvgIpc) is 3.02. The molecule has 39 heavy (non-hydrogen) atoms. The lowest BCUT2D eigenvalue weighted by Gasteiger charge is -2.30. The summed E-state index contributed by atoms with van der Waals surface area (Å²) in [6, 6.07) is 58.7. The molecule has 7 aromatic rings. The standard InChI is InChI=1S/C38H27N/c1-3-14-29(15-4-1)34-21-9-10-23-36(34)39(33-26-25-28-13-7-8-18-32(28)27-33)37-24-12-20-31-19-11-22-35(38(31)37)30-16-5-2-6-17-30/h1-27H. The Balaban J connectivity index is 1.56. The largest absolute Gasteiger partial charge is 0.309 e. The monoisotopic (exact) mass is 497 g/mol. The zero-order valence-electron chi connectivity index (χ0n) is 21.5. The molecule has 0 aliphatic rings. The van der Waals surface area contributed by atoms with Crippen LogP contribution in [0.2, 0.25) is 0 Å². The summed E-state index contributed by atoms with van der Waals surface area (Å²) >= 11 is 0. The quantitative estimate of drug-likeness (QED) is 0.229. The fourth-order valence-electron chi connectivity index (χ4n) is 5.62. The van der Waals surface area contributed by atoms with Gasteiger partial charge in [-0.3, -0.25) is 0 Å². The Morgan fingerprint density at radius 1 is 0.333 bits per heavy atom. The minimum absolute atomic E-state index is 1.13. The van der Waals surface area contributed by atoms with Gasteiger partial charge in [0.15, 0.2) is 0 Å². The molecule has 0 heterocycles. The van der Waals surface area contributed by atoms with E-state index >= 15 is 0 Å². The molecule has 0 fully saturated rings. The summed E-state index contributed by atoms with van der Waals surface area (Å²) in [6.07, 6.45) is 0. The van der Waals surface area contributed by atoms with E-state index < -0.39 is 0 Å². The SMILES string of the molecule is c1ccc(-c2ccccc2N(c2ccc3ccccc3c2)c2cccc3cccc(-c4ccccc4)c23)cc1. The van der Waals surface area contributed by atoms with Crippen molar-refractivity contribution in [3.8, 4) is 22.3 Å². The minimum atomic E-state index is 1.13. The summed E-state index contributed by atoms with van der Waals surface area (Å²) < 4.78 is 0. The van der Waals surface area contributed by atoms with Gasteiger partial charge in [-0.1, -0.05) is 140 Å². The highest BCUT2D eigenvalue weighted by atomic mass is 15.1. The molecule has 184 valence electrons. The van der Waals surface area contributed by atoms with E-state index in [-0.39, 0.29) is 0 Å². The highest BCUT2D eigenvalue weighted by Crippen LogP contribution is 2.46. The molecule has 0 bridgehead atoms. The second-order valence-electron chi connectivity index (χ2n) is 9.80. The van der Waals surface area contributed by atoms with Crippen molar-refractivity contribution in [1.82, 2.24) is 0 Å². The Labute approximate surface area is 229 Å². The third-order valence-corrected chi connectivity index (χ3v) is 7.43. The van der Waals surface area contributed by atoms with E-state index in [1.165, 1.54) is 43.8 Å². The van der Waals surface area contributed by atoms with E-state index in [4.69, 9.17) is 0 Å². The summed E-state index contributed by atoms with van der Waals surface area (Å²) in [4.78, 5) is 2.43. The van der Waals surface area contributed by atoms with Gasteiger partial charge in [0.2, 0.25) is 0 Å². The molecule has 0 spiro atoms. The second-order valence-corrected chi connectivity index (χ2v) is 9.80. The van der Waals surface area contributed by atoms with Gasteiger partial charge < -0.3 is 4.90 Å². The van der Waals surface area contributed by atoms with Crippen LogP contribution in [0.3, 0.4) is 0 Å². The number of hydrogen-bond donors (Lipinski definition) is 0. The summed E-state index contributed by atoms with van der Waals surface area (Å²) in [7, 11) is 0. The van der Waals surface area contributed by atoms with Gasteiger partial charge in [-0.2, -0.15) is 0 Å². The molecular formula is C38H27N. The van der Waals surface area contributed by atoms with Gasteiger partial charge in [0.1, 0.15) is 0 Å². The van der Waals surface area contributed by atoms with Crippen molar-refractivity contribution >= 4 is 38.6 Å². The highest BCUT2D eigenvalue weighted by Gasteiger charge is 2.20. The number of para-hydroxylation sites is 1. The number of nitrogens with zero attached hydrogens (tertiary/aromatic N) is 1. The maximum Gasteiger partial charge on any atom is 0.0546 e. The van der Waals surface area contributed by atoms with E-state index in [9.17, 15) is 0 Å². The van der Waals surface area contributed by atoms with Crippen LogP contribution in [0.5, 0.6) is 0 Å². The van der Waals surface area contributed by atoms with Crippen LogP contribution in [0.25, 0.3) is 43.8 Å². The topological polar surface area (TPSA) is 3.24 Å². The van der Waals surface area contributed by atoms with Crippen LogP contribution in [0, 0.1) is 0 Å². The molecule has 0 saturated carbocycles. The predicted molar refractivity (Wildman–Crippen MR) is 167 cm³/mol. The van der Waals surface area contributed by atoms with Crippen molar-refractivity contribution in [3.63, 3.8) is 0 Å². The van der Waals surface area contributed by atoms with E-state index in [1.807, 2.05) is 0 Å². The van der Waals surface area contributed by atoms with Crippen molar-refractivity contribution in [2.45, 2.75) is 0 Å². The van der Waals surface area contributed by atoms with E-state index in [2.05, 4.69) is 169 Å². The van der Waals surface area contributed by atoms with E-state index in [1.54, 1.807) is 0 Å². The number of fused-ring (bicyclic) bond motifs is 2. The number of anilines is 3. The molecule has 0 aromatic heterocycles. The van der Waals surface area contributed by atoms with E-state index in [0.717, 1.165) is 17.1 Å². The van der Waals surface area contributed by atoms with Gasteiger partial charge in [0, 0.05) is 16.6 Å².